The number of rotatable bonds is 0. The van der Waals surface area contributed by atoms with E-state index in [4.69, 9.17) is 4.74 Å². The van der Waals surface area contributed by atoms with Crippen LogP contribution in [0.4, 0.5) is 0 Å². The molecule has 0 atom stereocenters. The number of benzene rings is 1. The van der Waals surface area contributed by atoms with Gasteiger partial charge in [-0.05, 0) is 73.7 Å². The number of fused-ring (bicyclic) bond motifs is 2. The lowest BCUT2D eigenvalue weighted by molar-refractivity contribution is -0.113. The van der Waals surface area contributed by atoms with E-state index in [9.17, 15) is 4.79 Å². The number of piperidine rings is 1. The summed E-state index contributed by atoms with van der Waals surface area (Å²) in [4.78, 5) is 20.1. The number of carbonyl (C=O) groups is 1. The normalized spacial score (nSPS) is 26.6. The quantitative estimate of drug-likeness (QED) is 0.651. The van der Waals surface area contributed by atoms with E-state index in [0.717, 1.165) is 68.4 Å². The molecule has 0 unspecified atom stereocenters. The van der Waals surface area contributed by atoms with Gasteiger partial charge in [0.1, 0.15) is 0 Å². The van der Waals surface area contributed by atoms with Crippen LogP contribution in [0.15, 0.2) is 39.7 Å². The SMILES string of the molecule is Cl.O=C1N=C(N2CCC3(CC2)OCc2ccccc23)SC1=C1CCCNCC1. The molecule has 0 radical (unpaired) electrons. The minimum Gasteiger partial charge on any atom is -0.365 e. The zero-order valence-corrected chi connectivity index (χ0v) is 17.5. The number of carbonyl (C=O) groups excluding carboxylic acids is 1. The van der Waals surface area contributed by atoms with E-state index in [1.54, 1.807) is 11.8 Å². The van der Waals surface area contributed by atoms with Crippen molar-refractivity contribution < 1.29 is 9.53 Å². The number of hydrogen-bond donors (Lipinski definition) is 1. The van der Waals surface area contributed by atoms with Crippen LogP contribution in [0.1, 0.15) is 43.2 Å². The molecular formula is C21H26ClN3O2S. The van der Waals surface area contributed by atoms with Crippen molar-refractivity contribution in [3.8, 4) is 0 Å². The van der Waals surface area contributed by atoms with Crippen LogP contribution in [0.5, 0.6) is 0 Å². The molecule has 1 amide bonds. The van der Waals surface area contributed by atoms with Crippen molar-refractivity contribution >= 4 is 35.2 Å². The van der Waals surface area contributed by atoms with Gasteiger partial charge >= 0.3 is 0 Å². The lowest BCUT2D eigenvalue weighted by atomic mass is 9.84. The number of likely N-dealkylation sites (tertiary alicyclic amines) is 1. The van der Waals surface area contributed by atoms with Gasteiger partial charge in [-0.3, -0.25) is 4.79 Å². The molecule has 28 heavy (non-hydrogen) atoms. The van der Waals surface area contributed by atoms with E-state index >= 15 is 0 Å². The number of thioether (sulfide) groups is 1. The van der Waals surface area contributed by atoms with Crippen LogP contribution in [0.2, 0.25) is 0 Å². The maximum absolute atomic E-state index is 12.5. The Bertz CT molecular complexity index is 821. The topological polar surface area (TPSA) is 53.9 Å². The maximum Gasteiger partial charge on any atom is 0.286 e. The predicted molar refractivity (Wildman–Crippen MR) is 115 cm³/mol. The number of amidine groups is 1. The Morgan fingerprint density at radius 3 is 2.82 bits per heavy atom. The second-order valence-corrected chi connectivity index (χ2v) is 8.74. The molecule has 2 fully saturated rings. The molecule has 0 bridgehead atoms. The van der Waals surface area contributed by atoms with Gasteiger partial charge in [-0.15, -0.1) is 12.4 Å². The summed E-state index contributed by atoms with van der Waals surface area (Å²) in [5.41, 5.74) is 3.82. The minimum atomic E-state index is -0.144. The molecule has 1 aromatic rings. The van der Waals surface area contributed by atoms with Crippen LogP contribution in [-0.4, -0.2) is 42.2 Å². The van der Waals surface area contributed by atoms with E-state index in [-0.39, 0.29) is 23.9 Å². The first kappa shape index (κ1) is 20.0. The number of halogens is 1. The van der Waals surface area contributed by atoms with Crippen LogP contribution in [-0.2, 0) is 21.7 Å². The fourth-order valence-corrected chi connectivity index (χ4v) is 5.76. The molecule has 5 nitrogen and oxygen atoms in total. The van der Waals surface area contributed by atoms with Crippen molar-refractivity contribution in [2.24, 2.45) is 4.99 Å². The van der Waals surface area contributed by atoms with Crippen LogP contribution in [0.25, 0.3) is 0 Å². The Hall–Kier alpha value is -1.34. The summed E-state index contributed by atoms with van der Waals surface area (Å²) in [6.07, 6.45) is 4.98. The number of hydrogen-bond acceptors (Lipinski definition) is 5. The molecule has 150 valence electrons. The summed E-state index contributed by atoms with van der Waals surface area (Å²) in [7, 11) is 0. The number of amides is 1. The van der Waals surface area contributed by atoms with Crippen molar-refractivity contribution in [2.75, 3.05) is 26.2 Å². The van der Waals surface area contributed by atoms with Gasteiger partial charge in [-0.1, -0.05) is 24.3 Å². The first-order chi connectivity index (χ1) is 13.3. The van der Waals surface area contributed by atoms with Gasteiger partial charge in [-0.25, -0.2) is 0 Å². The maximum atomic E-state index is 12.5. The van der Waals surface area contributed by atoms with Crippen molar-refractivity contribution in [3.63, 3.8) is 0 Å². The van der Waals surface area contributed by atoms with E-state index < -0.39 is 0 Å². The monoisotopic (exact) mass is 419 g/mol. The largest absolute Gasteiger partial charge is 0.365 e. The van der Waals surface area contributed by atoms with Gasteiger partial charge in [0.25, 0.3) is 5.91 Å². The molecule has 1 N–H and O–H groups in total. The number of ether oxygens (including phenoxy) is 1. The van der Waals surface area contributed by atoms with E-state index in [2.05, 4.69) is 39.5 Å². The first-order valence-electron chi connectivity index (χ1n) is 9.96. The average molecular weight is 420 g/mol. The standard InChI is InChI=1S/C21H25N3O2S.ClH/c25-19-18(15-5-3-10-22-11-7-15)27-20(23-19)24-12-8-21(9-13-24)17-6-2-1-4-16(17)14-26-21;/h1-2,4,6,22H,3,5,7-14H2;1H. The van der Waals surface area contributed by atoms with Crippen molar-refractivity contribution in [1.82, 2.24) is 10.2 Å². The molecule has 4 aliphatic heterocycles. The molecule has 2 saturated heterocycles. The van der Waals surface area contributed by atoms with Crippen molar-refractivity contribution in [2.45, 2.75) is 44.3 Å². The molecule has 7 heteroatoms. The highest BCUT2D eigenvalue weighted by Crippen LogP contribution is 2.45. The van der Waals surface area contributed by atoms with Crippen LogP contribution in [0.3, 0.4) is 0 Å². The van der Waals surface area contributed by atoms with Crippen molar-refractivity contribution in [1.29, 1.82) is 0 Å². The van der Waals surface area contributed by atoms with Gasteiger partial charge in [0, 0.05) is 13.1 Å². The number of aliphatic imine (C=N–C) groups is 1. The average Bonchev–Trinajstić information content (AvgIpc) is 3.13. The minimum absolute atomic E-state index is 0. The van der Waals surface area contributed by atoms with E-state index in [1.165, 1.54) is 16.7 Å². The molecule has 0 saturated carbocycles. The second kappa shape index (κ2) is 8.19. The summed E-state index contributed by atoms with van der Waals surface area (Å²) in [5, 5.41) is 4.30. The summed E-state index contributed by atoms with van der Waals surface area (Å²) < 4.78 is 6.26. The van der Waals surface area contributed by atoms with E-state index in [1.807, 2.05) is 0 Å². The lowest BCUT2D eigenvalue weighted by Gasteiger charge is -2.39. The Morgan fingerprint density at radius 1 is 1.14 bits per heavy atom. The Kier molecular flexibility index (Phi) is 5.83. The highest BCUT2D eigenvalue weighted by Gasteiger charge is 2.43. The third-order valence-corrected chi connectivity index (χ3v) is 7.39. The van der Waals surface area contributed by atoms with Gasteiger partial charge in [-0.2, -0.15) is 4.99 Å². The Labute approximate surface area is 176 Å². The van der Waals surface area contributed by atoms with Crippen LogP contribution >= 0.6 is 24.2 Å². The number of nitrogens with one attached hydrogen (secondary N) is 1. The molecule has 0 aliphatic carbocycles. The summed E-state index contributed by atoms with van der Waals surface area (Å²) in [6.45, 7) is 4.49. The fraction of sp³-hybridized carbons (Fsp3) is 0.524. The zero-order valence-electron chi connectivity index (χ0n) is 15.9. The highest BCUT2D eigenvalue weighted by atomic mass is 35.5. The fourth-order valence-electron chi connectivity index (χ4n) is 4.65. The van der Waals surface area contributed by atoms with Crippen molar-refractivity contribution in [3.05, 3.63) is 45.9 Å². The molecule has 4 heterocycles. The summed E-state index contributed by atoms with van der Waals surface area (Å²) in [5.74, 6) is -0.0327. The van der Waals surface area contributed by atoms with Gasteiger partial charge in [0.05, 0.1) is 17.1 Å². The highest BCUT2D eigenvalue weighted by molar-refractivity contribution is 8.18. The van der Waals surface area contributed by atoms with Crippen LogP contribution in [0, 0.1) is 0 Å². The number of nitrogens with zero attached hydrogens (tertiary/aromatic N) is 2. The van der Waals surface area contributed by atoms with Crippen LogP contribution < -0.4 is 5.32 Å². The third kappa shape index (κ3) is 3.52. The summed E-state index contributed by atoms with van der Waals surface area (Å²) in [6, 6.07) is 8.58. The molecule has 1 aromatic carbocycles. The lowest BCUT2D eigenvalue weighted by Crippen LogP contribution is -2.44. The first-order valence-corrected chi connectivity index (χ1v) is 10.8. The second-order valence-electron chi connectivity index (χ2n) is 7.76. The van der Waals surface area contributed by atoms with Gasteiger partial charge in [0.15, 0.2) is 5.17 Å². The molecule has 4 aliphatic rings. The van der Waals surface area contributed by atoms with Gasteiger partial charge in [0.2, 0.25) is 0 Å². The molecule has 0 aromatic heterocycles. The van der Waals surface area contributed by atoms with E-state index in [0.29, 0.717) is 6.61 Å². The Balaban J connectivity index is 0.00000192. The predicted octanol–water partition coefficient (Wildman–Crippen LogP) is 3.59. The molecule has 1 spiro atoms. The third-order valence-electron chi connectivity index (χ3n) is 6.20. The molecule has 5 rings (SSSR count). The smallest absolute Gasteiger partial charge is 0.286 e. The Morgan fingerprint density at radius 2 is 1.96 bits per heavy atom. The zero-order chi connectivity index (χ0) is 18.3. The van der Waals surface area contributed by atoms with Gasteiger partial charge < -0.3 is 15.0 Å². The molecular weight excluding hydrogens is 394 g/mol. The summed E-state index contributed by atoms with van der Waals surface area (Å²) >= 11 is 1.60.